The second kappa shape index (κ2) is 7.47. The van der Waals surface area contributed by atoms with Crippen LogP contribution in [0.4, 0.5) is 0 Å². The van der Waals surface area contributed by atoms with Gasteiger partial charge >= 0.3 is 0 Å². The van der Waals surface area contributed by atoms with E-state index in [0.29, 0.717) is 11.5 Å². The van der Waals surface area contributed by atoms with Gasteiger partial charge in [0.1, 0.15) is 11.2 Å². The van der Waals surface area contributed by atoms with Crippen LogP contribution in [0, 0.1) is 0 Å². The first kappa shape index (κ1) is 19.0. The van der Waals surface area contributed by atoms with E-state index in [4.69, 9.17) is 4.98 Å². The Hall–Kier alpha value is -3.69. The lowest BCUT2D eigenvalue weighted by atomic mass is 10.0. The van der Waals surface area contributed by atoms with Crippen LogP contribution in [0.15, 0.2) is 42.7 Å². The Labute approximate surface area is 186 Å². The summed E-state index contributed by atoms with van der Waals surface area (Å²) in [6, 6.07) is 7.81. The number of hydrogen-bond donors (Lipinski definition) is 3. The smallest absolute Gasteiger partial charge is 0.169 e. The average molecular weight is 442 g/mol. The molecule has 0 aromatic carbocycles. The van der Waals surface area contributed by atoms with Gasteiger partial charge in [-0.15, -0.1) is 11.3 Å². The van der Waals surface area contributed by atoms with Crippen molar-refractivity contribution in [2.45, 2.75) is 13.3 Å². The van der Waals surface area contributed by atoms with Gasteiger partial charge in [-0.2, -0.15) is 5.10 Å². The summed E-state index contributed by atoms with van der Waals surface area (Å²) in [4.78, 5) is 30.7. The molecule has 5 aromatic heterocycles. The Morgan fingerprint density at radius 1 is 1.19 bits per heavy atom. The molecule has 0 amide bonds. The van der Waals surface area contributed by atoms with E-state index in [1.54, 1.807) is 13.1 Å². The van der Waals surface area contributed by atoms with E-state index in [9.17, 15) is 4.79 Å². The summed E-state index contributed by atoms with van der Waals surface area (Å²) in [5.74, 6) is 0.705. The van der Waals surface area contributed by atoms with Crippen molar-refractivity contribution >= 4 is 44.8 Å². The van der Waals surface area contributed by atoms with Gasteiger partial charge < -0.3 is 10.3 Å². The Bertz CT molecular complexity index is 1520. The highest BCUT2D eigenvalue weighted by Crippen LogP contribution is 2.34. The quantitative estimate of drug-likeness (QED) is 0.360. The molecule has 0 bridgehead atoms. The van der Waals surface area contributed by atoms with Crippen molar-refractivity contribution in [3.05, 3.63) is 53.3 Å². The van der Waals surface area contributed by atoms with Gasteiger partial charge in [0.2, 0.25) is 0 Å². The Morgan fingerprint density at radius 3 is 2.94 bits per heavy atom. The van der Waals surface area contributed by atoms with E-state index in [-0.39, 0.29) is 5.78 Å². The van der Waals surface area contributed by atoms with Crippen molar-refractivity contribution in [1.82, 2.24) is 35.5 Å². The highest BCUT2D eigenvalue weighted by atomic mass is 32.1. The summed E-state index contributed by atoms with van der Waals surface area (Å²) in [5, 5.41) is 11.9. The third kappa shape index (κ3) is 3.14. The monoisotopic (exact) mass is 441 g/mol. The number of ketones is 1. The van der Waals surface area contributed by atoms with Gasteiger partial charge in [0.15, 0.2) is 17.3 Å². The van der Waals surface area contributed by atoms with Crippen molar-refractivity contribution in [2.75, 3.05) is 13.1 Å². The number of H-pyrrole nitrogens is 2. The number of fused-ring (bicyclic) bond motifs is 2. The fourth-order valence-corrected chi connectivity index (χ4v) is 4.95. The summed E-state index contributed by atoms with van der Waals surface area (Å²) in [5.41, 5.74) is 6.18. The van der Waals surface area contributed by atoms with Gasteiger partial charge in [-0.05, 0) is 49.7 Å². The molecule has 9 heteroatoms. The van der Waals surface area contributed by atoms with Crippen molar-refractivity contribution in [3.63, 3.8) is 0 Å². The zero-order chi connectivity index (χ0) is 21.7. The number of nitrogens with zero attached hydrogens (tertiary/aromatic N) is 4. The Balaban J connectivity index is 1.47. The van der Waals surface area contributed by atoms with Crippen molar-refractivity contribution < 1.29 is 4.79 Å². The van der Waals surface area contributed by atoms with Crippen LogP contribution in [0.25, 0.3) is 49.6 Å². The predicted octanol–water partition coefficient (Wildman–Crippen LogP) is 4.20. The van der Waals surface area contributed by atoms with Crippen molar-refractivity contribution in [3.8, 4) is 22.0 Å². The summed E-state index contributed by atoms with van der Waals surface area (Å²) in [6.45, 7) is 3.39. The highest BCUT2D eigenvalue weighted by Gasteiger charge is 2.18. The van der Waals surface area contributed by atoms with Gasteiger partial charge in [0.05, 0.1) is 22.3 Å². The fourth-order valence-electron chi connectivity index (χ4n) is 4.02. The molecular weight excluding hydrogens is 422 g/mol. The van der Waals surface area contributed by atoms with E-state index in [0.717, 1.165) is 62.6 Å². The number of thiophene rings is 1. The zero-order valence-corrected chi connectivity index (χ0v) is 18.1. The number of nitrogens with one attached hydrogen (secondary N) is 3. The number of hydrogen-bond acceptors (Lipinski definition) is 7. The van der Waals surface area contributed by atoms with Gasteiger partial charge in [-0.25, -0.2) is 9.97 Å². The molecule has 0 aliphatic carbocycles. The summed E-state index contributed by atoms with van der Waals surface area (Å²) < 4.78 is 0. The molecule has 0 saturated carbocycles. The normalized spacial score (nSPS) is 14.2. The molecule has 0 unspecified atom stereocenters. The Kier molecular flexibility index (Phi) is 4.44. The average Bonchev–Trinajstić information content (AvgIpc) is 3.56. The molecule has 8 nitrogen and oxygen atoms in total. The largest absolute Gasteiger partial charge is 0.321 e. The molecule has 0 spiro atoms. The molecule has 32 heavy (non-hydrogen) atoms. The molecule has 0 fully saturated rings. The van der Waals surface area contributed by atoms with Gasteiger partial charge in [-0.3, -0.25) is 14.9 Å². The van der Waals surface area contributed by atoms with Gasteiger partial charge in [0.25, 0.3) is 0 Å². The minimum atomic E-state index is 0.0607. The molecule has 158 valence electrons. The maximum Gasteiger partial charge on any atom is 0.169 e. The number of aromatic amines is 2. The van der Waals surface area contributed by atoms with E-state index < -0.39 is 0 Å². The lowest BCUT2D eigenvalue weighted by Gasteiger charge is -2.13. The highest BCUT2D eigenvalue weighted by molar-refractivity contribution is 7.17. The molecule has 0 saturated heterocycles. The molecular formula is C23H19N7OS. The fraction of sp³-hybridized carbons (Fsp3) is 0.174. The third-order valence-corrected chi connectivity index (χ3v) is 6.89. The number of carbonyl (C=O) groups is 1. The molecule has 1 aliphatic rings. The Morgan fingerprint density at radius 2 is 2.12 bits per heavy atom. The van der Waals surface area contributed by atoms with Crippen LogP contribution in [0.1, 0.15) is 28.7 Å². The maximum absolute atomic E-state index is 11.7. The second-order valence-electron chi connectivity index (χ2n) is 7.73. The van der Waals surface area contributed by atoms with Gasteiger partial charge in [0, 0.05) is 28.6 Å². The van der Waals surface area contributed by atoms with Crippen molar-refractivity contribution in [2.24, 2.45) is 0 Å². The first-order valence-corrected chi connectivity index (χ1v) is 11.2. The van der Waals surface area contributed by atoms with E-state index >= 15 is 0 Å². The first-order valence-electron chi connectivity index (χ1n) is 10.4. The van der Waals surface area contributed by atoms with E-state index in [2.05, 4.69) is 42.6 Å². The van der Waals surface area contributed by atoms with Gasteiger partial charge in [-0.1, -0.05) is 6.08 Å². The summed E-state index contributed by atoms with van der Waals surface area (Å²) in [7, 11) is 0. The van der Waals surface area contributed by atoms with Crippen LogP contribution in [-0.4, -0.2) is 49.0 Å². The number of Topliss-reactive ketones (excluding diaryl/α,β-unsaturated/α-hetero) is 1. The molecule has 0 radical (unpaired) electrons. The van der Waals surface area contributed by atoms with Crippen LogP contribution >= 0.6 is 11.3 Å². The third-order valence-electron chi connectivity index (χ3n) is 5.67. The van der Waals surface area contributed by atoms with Crippen LogP contribution in [0.3, 0.4) is 0 Å². The molecule has 5 aromatic rings. The number of aromatic nitrogens is 6. The molecule has 6 heterocycles. The van der Waals surface area contributed by atoms with Crippen LogP contribution in [-0.2, 0) is 0 Å². The van der Waals surface area contributed by atoms with Crippen LogP contribution in [0.5, 0.6) is 0 Å². The summed E-state index contributed by atoms with van der Waals surface area (Å²) in [6.07, 6.45) is 6.71. The van der Waals surface area contributed by atoms with Crippen molar-refractivity contribution in [1.29, 1.82) is 0 Å². The molecule has 0 atom stereocenters. The number of rotatable bonds is 4. The topological polar surface area (TPSA) is 112 Å². The summed E-state index contributed by atoms with van der Waals surface area (Å²) >= 11 is 1.46. The second-order valence-corrected chi connectivity index (χ2v) is 8.82. The maximum atomic E-state index is 11.7. The number of pyridine rings is 2. The standard InChI is InChI=1S/C23H19N7OS/c1-12(31)18-2-3-19(32-18)14-6-9-25-22-20(14)27-23(28-22)21-15-10-16(13-4-7-24-8-5-13)26-11-17(15)29-30-21/h2-4,6,9-11,24H,5,7-8H2,1H3,(H,29,30)(H,25,27,28). The minimum absolute atomic E-state index is 0.0607. The first-order chi connectivity index (χ1) is 15.7. The molecule has 1 aliphatic heterocycles. The predicted molar refractivity (Wildman–Crippen MR) is 126 cm³/mol. The number of carbonyl (C=O) groups excluding carboxylic acids is 1. The molecule has 3 N–H and O–H groups in total. The SMILES string of the molecule is CC(=O)c1ccc(-c2ccnc3[nH]c(-c4n[nH]c5cnc(C6=CCNCC6)cc45)nc23)s1. The zero-order valence-electron chi connectivity index (χ0n) is 17.3. The number of imidazole rings is 1. The van der Waals surface area contributed by atoms with E-state index in [1.165, 1.54) is 16.9 Å². The van der Waals surface area contributed by atoms with E-state index in [1.807, 2.05) is 24.4 Å². The lowest BCUT2D eigenvalue weighted by Crippen LogP contribution is -2.20. The van der Waals surface area contributed by atoms with Crippen LogP contribution < -0.4 is 5.32 Å². The lowest BCUT2D eigenvalue weighted by molar-refractivity contribution is 0.102. The van der Waals surface area contributed by atoms with Crippen LogP contribution in [0.2, 0.25) is 0 Å². The molecule has 6 rings (SSSR count). The minimum Gasteiger partial charge on any atom is -0.321 e.